The maximum Gasteiger partial charge on any atom is 0.225 e. The van der Waals surface area contributed by atoms with Crippen LogP contribution in [0.4, 0.5) is 4.39 Å². The number of methoxy groups -OCH3 is 2. The van der Waals surface area contributed by atoms with Gasteiger partial charge in [0.1, 0.15) is 5.82 Å². The Morgan fingerprint density at radius 1 is 0.931 bits per heavy atom. The van der Waals surface area contributed by atoms with Crippen molar-refractivity contribution < 1.29 is 23.5 Å². The molecule has 0 saturated heterocycles. The fourth-order valence-electron chi connectivity index (χ4n) is 4.31. The van der Waals surface area contributed by atoms with Crippen molar-refractivity contribution in [2.45, 2.75) is 31.1 Å². The summed E-state index contributed by atoms with van der Waals surface area (Å²) in [4.78, 5) is 25.4. The van der Waals surface area contributed by atoms with Crippen LogP contribution in [-0.2, 0) is 9.59 Å². The minimum atomic E-state index is -0.409. The summed E-state index contributed by atoms with van der Waals surface area (Å²) in [6, 6.07) is 11.7. The second-order valence-electron chi connectivity index (χ2n) is 7.39. The molecule has 0 saturated carbocycles. The topological polar surface area (TPSA) is 64.6 Å². The zero-order chi connectivity index (χ0) is 20.5. The Kier molecular flexibility index (Phi) is 5.09. The normalized spacial score (nSPS) is 21.5. The first-order valence-corrected chi connectivity index (χ1v) is 9.53. The van der Waals surface area contributed by atoms with E-state index in [2.05, 4.69) is 5.32 Å². The van der Waals surface area contributed by atoms with Gasteiger partial charge in [0.05, 0.1) is 14.2 Å². The number of Topliss-reactive ketones (excluding diaryl/α,β-unsaturated/α-hetero) is 1. The maximum absolute atomic E-state index is 13.7. The third kappa shape index (κ3) is 3.62. The van der Waals surface area contributed by atoms with E-state index in [0.29, 0.717) is 41.2 Å². The predicted octanol–water partition coefficient (Wildman–Crippen LogP) is 3.85. The second kappa shape index (κ2) is 7.70. The summed E-state index contributed by atoms with van der Waals surface area (Å²) in [5.74, 6) is 0.194. The largest absolute Gasteiger partial charge is 0.493 e. The molecule has 6 heteroatoms. The molecular weight excluding hydrogens is 373 g/mol. The van der Waals surface area contributed by atoms with Gasteiger partial charge in [0.25, 0.3) is 0 Å². The highest BCUT2D eigenvalue weighted by Crippen LogP contribution is 2.43. The van der Waals surface area contributed by atoms with Crippen LogP contribution in [-0.4, -0.2) is 25.9 Å². The molecule has 29 heavy (non-hydrogen) atoms. The highest BCUT2D eigenvalue weighted by molar-refractivity contribution is 6.02. The molecule has 1 heterocycles. The summed E-state index contributed by atoms with van der Waals surface area (Å²) in [7, 11) is 3.14. The summed E-state index contributed by atoms with van der Waals surface area (Å²) in [6.45, 7) is 0. The number of benzene rings is 2. The average molecular weight is 395 g/mol. The van der Waals surface area contributed by atoms with Crippen LogP contribution in [0.3, 0.4) is 0 Å². The molecule has 1 amide bonds. The van der Waals surface area contributed by atoms with Crippen molar-refractivity contribution >= 4 is 11.7 Å². The molecule has 5 nitrogen and oxygen atoms in total. The molecule has 1 N–H and O–H groups in total. The number of amides is 1. The lowest BCUT2D eigenvalue weighted by atomic mass is 9.73. The first-order chi connectivity index (χ1) is 14.0. The molecule has 0 bridgehead atoms. The predicted molar refractivity (Wildman–Crippen MR) is 105 cm³/mol. The van der Waals surface area contributed by atoms with Crippen LogP contribution >= 0.6 is 0 Å². The zero-order valence-corrected chi connectivity index (χ0v) is 16.3. The van der Waals surface area contributed by atoms with Crippen molar-refractivity contribution in [2.24, 2.45) is 0 Å². The van der Waals surface area contributed by atoms with Gasteiger partial charge < -0.3 is 14.8 Å². The Bertz CT molecular complexity index is 1010. The fourth-order valence-corrected chi connectivity index (χ4v) is 4.31. The number of halogens is 1. The first-order valence-electron chi connectivity index (χ1n) is 9.53. The van der Waals surface area contributed by atoms with E-state index in [1.807, 2.05) is 18.2 Å². The van der Waals surface area contributed by atoms with Crippen molar-refractivity contribution in [3.8, 4) is 11.5 Å². The van der Waals surface area contributed by atoms with Gasteiger partial charge in [-0.3, -0.25) is 9.59 Å². The van der Waals surface area contributed by atoms with Gasteiger partial charge >= 0.3 is 0 Å². The van der Waals surface area contributed by atoms with Gasteiger partial charge in [-0.05, 0) is 47.7 Å². The molecule has 0 aromatic heterocycles. The molecule has 0 spiro atoms. The number of nitrogens with one attached hydrogen (secondary N) is 1. The quantitative estimate of drug-likeness (QED) is 0.854. The average Bonchev–Trinajstić information content (AvgIpc) is 2.72. The van der Waals surface area contributed by atoms with Gasteiger partial charge in [0.2, 0.25) is 5.91 Å². The van der Waals surface area contributed by atoms with Crippen molar-refractivity contribution in [2.75, 3.05) is 14.2 Å². The molecule has 0 radical (unpaired) electrons. The Labute approximate surface area is 168 Å². The summed E-state index contributed by atoms with van der Waals surface area (Å²) < 4.78 is 24.4. The van der Waals surface area contributed by atoms with E-state index in [1.165, 1.54) is 12.1 Å². The molecule has 1 aliphatic carbocycles. The van der Waals surface area contributed by atoms with Crippen LogP contribution < -0.4 is 14.8 Å². The third-order valence-corrected chi connectivity index (χ3v) is 5.67. The van der Waals surface area contributed by atoms with E-state index in [1.54, 1.807) is 26.4 Å². The summed E-state index contributed by atoms with van der Waals surface area (Å²) >= 11 is 0. The minimum Gasteiger partial charge on any atom is -0.493 e. The van der Waals surface area contributed by atoms with E-state index in [9.17, 15) is 14.0 Å². The monoisotopic (exact) mass is 395 g/mol. The summed E-state index contributed by atoms with van der Waals surface area (Å²) in [5.41, 5.74) is 2.86. The Hall–Kier alpha value is -3.15. The molecular formula is C23H22FNO4. The van der Waals surface area contributed by atoms with Gasteiger partial charge in [0, 0.05) is 30.0 Å². The lowest BCUT2D eigenvalue weighted by molar-refractivity contribution is -0.122. The number of hydrogen-bond donors (Lipinski definition) is 1. The SMILES string of the molecule is COc1ccc([C@H]2CC(=O)C3=C(C2)NC(=O)C[C@@H]3c2cccc(F)c2)cc1OC. The van der Waals surface area contributed by atoms with E-state index in [4.69, 9.17) is 9.47 Å². The van der Waals surface area contributed by atoms with Gasteiger partial charge in [-0.1, -0.05) is 18.2 Å². The molecule has 150 valence electrons. The van der Waals surface area contributed by atoms with Gasteiger partial charge in [-0.2, -0.15) is 0 Å². The van der Waals surface area contributed by atoms with Crippen molar-refractivity contribution in [3.05, 3.63) is 70.7 Å². The molecule has 2 aromatic rings. The number of carbonyl (C=O) groups is 2. The minimum absolute atomic E-state index is 0.0136. The van der Waals surface area contributed by atoms with Crippen LogP contribution in [0.25, 0.3) is 0 Å². The summed E-state index contributed by atoms with van der Waals surface area (Å²) in [6.07, 6.45) is 1.01. The second-order valence-corrected chi connectivity index (χ2v) is 7.39. The lowest BCUT2D eigenvalue weighted by Gasteiger charge is -2.34. The van der Waals surface area contributed by atoms with Gasteiger partial charge in [0.15, 0.2) is 17.3 Å². The van der Waals surface area contributed by atoms with Crippen LogP contribution in [0.15, 0.2) is 53.7 Å². The van der Waals surface area contributed by atoms with E-state index >= 15 is 0 Å². The standard InChI is InChI=1S/C23H22FNO4/c1-28-20-7-6-13(11-21(20)29-2)15-9-18-23(19(26)10-15)17(12-22(27)25-18)14-4-3-5-16(24)8-14/h3-8,11,15,17H,9-10,12H2,1-2H3,(H,25,27)/t15-,17-/m1/s1. The molecule has 1 aliphatic heterocycles. The number of ketones is 1. The number of allylic oxidation sites excluding steroid dienone is 2. The van der Waals surface area contributed by atoms with Crippen LogP contribution in [0, 0.1) is 5.82 Å². The molecule has 0 unspecified atom stereocenters. The molecule has 0 fully saturated rings. The number of carbonyl (C=O) groups excluding carboxylic acids is 2. The molecule has 2 atom stereocenters. The number of ether oxygens (including phenoxy) is 2. The van der Waals surface area contributed by atoms with E-state index < -0.39 is 5.92 Å². The smallest absolute Gasteiger partial charge is 0.225 e. The van der Waals surface area contributed by atoms with Crippen LogP contribution in [0.5, 0.6) is 11.5 Å². The highest BCUT2D eigenvalue weighted by atomic mass is 19.1. The van der Waals surface area contributed by atoms with E-state index in [-0.39, 0.29) is 29.8 Å². The van der Waals surface area contributed by atoms with Crippen molar-refractivity contribution in [3.63, 3.8) is 0 Å². The maximum atomic E-state index is 13.7. The zero-order valence-electron chi connectivity index (χ0n) is 16.3. The third-order valence-electron chi connectivity index (χ3n) is 5.67. The van der Waals surface area contributed by atoms with Gasteiger partial charge in [-0.15, -0.1) is 0 Å². The van der Waals surface area contributed by atoms with E-state index in [0.717, 1.165) is 5.56 Å². The first kappa shape index (κ1) is 19.2. The van der Waals surface area contributed by atoms with Crippen LogP contribution in [0.2, 0.25) is 0 Å². The van der Waals surface area contributed by atoms with Crippen molar-refractivity contribution in [1.82, 2.24) is 5.32 Å². The van der Waals surface area contributed by atoms with Gasteiger partial charge in [-0.25, -0.2) is 4.39 Å². The lowest BCUT2D eigenvalue weighted by Crippen LogP contribution is -2.38. The Morgan fingerprint density at radius 2 is 1.72 bits per heavy atom. The fraction of sp³-hybridized carbons (Fsp3) is 0.304. The molecule has 2 aliphatic rings. The number of rotatable bonds is 4. The van der Waals surface area contributed by atoms with Crippen LogP contribution in [0.1, 0.15) is 42.2 Å². The highest BCUT2D eigenvalue weighted by Gasteiger charge is 2.38. The Balaban J connectivity index is 1.70. The Morgan fingerprint density at radius 3 is 2.45 bits per heavy atom. The number of hydrogen-bond acceptors (Lipinski definition) is 4. The van der Waals surface area contributed by atoms with Crippen molar-refractivity contribution in [1.29, 1.82) is 0 Å². The summed E-state index contributed by atoms with van der Waals surface area (Å²) in [5, 5.41) is 2.88. The molecule has 4 rings (SSSR count). The molecule has 2 aromatic carbocycles.